The smallest absolute Gasteiger partial charge is 0.338 e. The molecule has 2 aromatic rings. The number of fused-ring (bicyclic) bond motifs is 1. The van der Waals surface area contributed by atoms with Crippen LogP contribution in [0.3, 0.4) is 0 Å². The van der Waals surface area contributed by atoms with Gasteiger partial charge >= 0.3 is 5.97 Å². The maximum absolute atomic E-state index is 12.9. The number of hydrogen-bond donors (Lipinski definition) is 0. The third-order valence-corrected chi connectivity index (χ3v) is 4.68. The number of hydrogen-bond acceptors (Lipinski definition) is 5. The number of unbranched alkanes of at least 4 members (excludes halogenated alkanes) is 3. The maximum Gasteiger partial charge on any atom is 0.338 e. The summed E-state index contributed by atoms with van der Waals surface area (Å²) in [6, 6.07) is 11.3. The van der Waals surface area contributed by atoms with Gasteiger partial charge in [0.2, 0.25) is 0 Å². The van der Waals surface area contributed by atoms with Crippen molar-refractivity contribution in [1.82, 2.24) is 0 Å². The highest BCUT2D eigenvalue weighted by Crippen LogP contribution is 2.34. The van der Waals surface area contributed by atoms with E-state index in [0.29, 0.717) is 18.0 Å². The minimum Gasteiger partial charge on any atom is -0.495 e. The molecule has 0 atom stereocenters. The molecule has 1 aliphatic heterocycles. The molecule has 146 valence electrons. The third kappa shape index (κ3) is 3.76. The zero-order valence-electron chi connectivity index (χ0n) is 16.1. The average molecular weight is 381 g/mol. The number of rotatable bonds is 8. The normalized spacial score (nSPS) is 12.9. The topological polar surface area (TPSA) is 72.9 Å². The number of anilines is 1. The van der Waals surface area contributed by atoms with Crippen molar-refractivity contribution in [1.29, 1.82) is 0 Å². The van der Waals surface area contributed by atoms with Crippen molar-refractivity contribution >= 4 is 23.5 Å². The zero-order valence-corrected chi connectivity index (χ0v) is 16.1. The van der Waals surface area contributed by atoms with E-state index in [9.17, 15) is 14.4 Å². The first-order chi connectivity index (χ1) is 13.6. The Morgan fingerprint density at radius 2 is 1.71 bits per heavy atom. The minimum absolute atomic E-state index is 0.191. The van der Waals surface area contributed by atoms with Gasteiger partial charge in [-0.1, -0.05) is 38.3 Å². The molecule has 0 unspecified atom stereocenters. The average Bonchev–Trinajstić information content (AvgIpc) is 2.97. The van der Waals surface area contributed by atoms with Crippen LogP contribution in [0, 0.1) is 0 Å². The van der Waals surface area contributed by atoms with Crippen molar-refractivity contribution < 1.29 is 23.9 Å². The van der Waals surface area contributed by atoms with Crippen molar-refractivity contribution in [2.24, 2.45) is 0 Å². The molecule has 2 aromatic carbocycles. The fourth-order valence-corrected chi connectivity index (χ4v) is 3.18. The monoisotopic (exact) mass is 381 g/mol. The molecule has 0 fully saturated rings. The van der Waals surface area contributed by atoms with Crippen LogP contribution in [0.4, 0.5) is 5.69 Å². The van der Waals surface area contributed by atoms with Crippen LogP contribution in [0.2, 0.25) is 0 Å². The number of benzene rings is 2. The van der Waals surface area contributed by atoms with Gasteiger partial charge in [-0.15, -0.1) is 0 Å². The summed E-state index contributed by atoms with van der Waals surface area (Å²) in [5, 5.41) is 0. The molecule has 28 heavy (non-hydrogen) atoms. The number of imide groups is 1. The first-order valence-corrected chi connectivity index (χ1v) is 9.41. The van der Waals surface area contributed by atoms with Gasteiger partial charge in [0.15, 0.2) is 0 Å². The highest BCUT2D eigenvalue weighted by Gasteiger charge is 2.38. The fourth-order valence-electron chi connectivity index (χ4n) is 3.18. The summed E-state index contributed by atoms with van der Waals surface area (Å²) >= 11 is 0. The number of esters is 1. The van der Waals surface area contributed by atoms with E-state index in [-0.39, 0.29) is 16.7 Å². The predicted octanol–water partition coefficient (Wildman–Crippen LogP) is 4.23. The Kier molecular flexibility index (Phi) is 6.09. The predicted molar refractivity (Wildman–Crippen MR) is 105 cm³/mol. The number of ether oxygens (including phenoxy) is 2. The maximum atomic E-state index is 12.9. The van der Waals surface area contributed by atoms with Crippen LogP contribution >= 0.6 is 0 Å². The largest absolute Gasteiger partial charge is 0.495 e. The number of amides is 2. The standard InChI is InChI=1S/C22H23NO5/c1-3-4-5-8-13-28-22(26)15-11-12-16-17(14-15)21(25)23(20(16)24)18-9-6-7-10-19(18)27-2/h6-7,9-12,14H,3-5,8,13H2,1-2H3. The van der Waals surface area contributed by atoms with E-state index in [2.05, 4.69) is 6.92 Å². The first kappa shape index (κ1) is 19.6. The first-order valence-electron chi connectivity index (χ1n) is 9.41. The summed E-state index contributed by atoms with van der Waals surface area (Å²) in [6.45, 7) is 2.46. The second kappa shape index (κ2) is 8.69. The lowest BCUT2D eigenvalue weighted by atomic mass is 10.1. The van der Waals surface area contributed by atoms with Gasteiger partial charge in [0.25, 0.3) is 11.8 Å². The van der Waals surface area contributed by atoms with E-state index in [1.807, 2.05) is 0 Å². The number of para-hydroxylation sites is 2. The van der Waals surface area contributed by atoms with Gasteiger partial charge in [0.1, 0.15) is 5.75 Å². The van der Waals surface area contributed by atoms with E-state index < -0.39 is 17.8 Å². The molecule has 0 saturated heterocycles. The van der Waals surface area contributed by atoms with Gasteiger partial charge in [-0.3, -0.25) is 9.59 Å². The number of nitrogens with zero attached hydrogens (tertiary/aromatic N) is 1. The quantitative estimate of drug-likeness (QED) is 0.389. The molecular weight excluding hydrogens is 358 g/mol. The van der Waals surface area contributed by atoms with Crippen molar-refractivity contribution in [3.05, 3.63) is 59.2 Å². The molecular formula is C22H23NO5. The Hall–Kier alpha value is -3.15. The molecule has 2 amide bonds. The second-order valence-electron chi connectivity index (χ2n) is 6.57. The highest BCUT2D eigenvalue weighted by atomic mass is 16.5. The minimum atomic E-state index is -0.490. The zero-order chi connectivity index (χ0) is 20.1. The van der Waals surface area contributed by atoms with E-state index in [4.69, 9.17) is 9.47 Å². The van der Waals surface area contributed by atoms with Crippen LogP contribution in [0.15, 0.2) is 42.5 Å². The summed E-state index contributed by atoms with van der Waals surface area (Å²) in [5.41, 5.74) is 1.08. The van der Waals surface area contributed by atoms with Crippen LogP contribution in [-0.2, 0) is 4.74 Å². The lowest BCUT2D eigenvalue weighted by Gasteiger charge is -2.16. The van der Waals surface area contributed by atoms with Crippen LogP contribution in [-0.4, -0.2) is 31.5 Å². The summed E-state index contributed by atoms with van der Waals surface area (Å²) in [4.78, 5) is 39.0. The molecule has 0 spiro atoms. The van der Waals surface area contributed by atoms with Crippen molar-refractivity contribution in [2.75, 3.05) is 18.6 Å². The molecule has 0 aromatic heterocycles. The molecule has 0 bridgehead atoms. The van der Waals surface area contributed by atoms with Gasteiger partial charge in [-0.2, -0.15) is 0 Å². The lowest BCUT2D eigenvalue weighted by molar-refractivity contribution is 0.0497. The second-order valence-corrected chi connectivity index (χ2v) is 6.57. The van der Waals surface area contributed by atoms with Crippen LogP contribution in [0.1, 0.15) is 63.7 Å². The van der Waals surface area contributed by atoms with Crippen molar-refractivity contribution in [2.45, 2.75) is 32.6 Å². The summed E-state index contributed by atoms with van der Waals surface area (Å²) in [7, 11) is 1.48. The van der Waals surface area contributed by atoms with E-state index in [0.717, 1.165) is 30.6 Å². The Morgan fingerprint density at radius 3 is 2.46 bits per heavy atom. The number of methoxy groups -OCH3 is 1. The van der Waals surface area contributed by atoms with Gasteiger partial charge in [0, 0.05) is 0 Å². The molecule has 0 radical (unpaired) electrons. The molecule has 3 rings (SSSR count). The molecule has 1 aliphatic rings. The van der Waals surface area contributed by atoms with Crippen molar-refractivity contribution in [3.63, 3.8) is 0 Å². The van der Waals surface area contributed by atoms with Crippen LogP contribution in [0.25, 0.3) is 0 Å². The van der Waals surface area contributed by atoms with Gasteiger partial charge in [-0.25, -0.2) is 9.69 Å². The summed E-state index contributed by atoms with van der Waals surface area (Å²) < 4.78 is 10.5. The van der Waals surface area contributed by atoms with Crippen LogP contribution < -0.4 is 9.64 Å². The Bertz CT molecular complexity index is 906. The summed E-state index contributed by atoms with van der Waals surface area (Å²) in [6.07, 6.45) is 4.03. The van der Waals surface area contributed by atoms with Gasteiger partial charge in [0.05, 0.1) is 36.1 Å². The summed E-state index contributed by atoms with van der Waals surface area (Å²) in [5.74, 6) is -0.995. The Morgan fingerprint density at radius 1 is 0.964 bits per heavy atom. The molecule has 0 aliphatic carbocycles. The van der Waals surface area contributed by atoms with Crippen LogP contribution in [0.5, 0.6) is 5.75 Å². The Balaban J connectivity index is 1.79. The molecule has 1 heterocycles. The van der Waals surface area contributed by atoms with Crippen molar-refractivity contribution in [3.8, 4) is 5.75 Å². The lowest BCUT2D eigenvalue weighted by Crippen LogP contribution is -2.29. The van der Waals surface area contributed by atoms with Gasteiger partial charge < -0.3 is 9.47 Å². The van der Waals surface area contributed by atoms with E-state index >= 15 is 0 Å². The molecule has 6 heteroatoms. The Labute approximate surface area is 164 Å². The van der Waals surface area contributed by atoms with E-state index in [1.54, 1.807) is 24.3 Å². The number of carbonyl (C=O) groups excluding carboxylic acids is 3. The third-order valence-electron chi connectivity index (χ3n) is 4.68. The number of carbonyl (C=O) groups is 3. The van der Waals surface area contributed by atoms with E-state index in [1.165, 1.54) is 25.3 Å². The molecule has 0 N–H and O–H groups in total. The molecule has 0 saturated carbocycles. The fraction of sp³-hybridized carbons (Fsp3) is 0.318. The highest BCUT2D eigenvalue weighted by molar-refractivity contribution is 6.35. The van der Waals surface area contributed by atoms with Gasteiger partial charge in [-0.05, 0) is 36.8 Å². The SMILES string of the molecule is CCCCCCOC(=O)c1ccc2c(c1)C(=O)N(c1ccccc1OC)C2=O. The molecule has 6 nitrogen and oxygen atoms in total.